The largest absolute Gasteiger partial charge is 0.383 e. The number of hydrogen-bond acceptors (Lipinski definition) is 4. The zero-order valence-electron chi connectivity index (χ0n) is 15.1. The fourth-order valence-electron chi connectivity index (χ4n) is 2.24. The molecule has 132 valence electrons. The number of nitrogens with one attached hydrogen (secondary N) is 2. The molecule has 2 amide bonds. The van der Waals surface area contributed by atoms with Gasteiger partial charge >= 0.3 is 6.03 Å². The standard InChI is InChI=1S/C17H31N3O2S/c1-16(2,3)13(9-10-20(5)6)19-15(21)18-12-17(4,22)14-8-7-11-23-14/h7-8,11,13,22H,9-10,12H2,1-6H3,(H2,18,19,21). The van der Waals surface area contributed by atoms with Crippen LogP contribution in [-0.4, -0.2) is 49.3 Å². The summed E-state index contributed by atoms with van der Waals surface area (Å²) in [5.41, 5.74) is -1.07. The molecule has 0 saturated carbocycles. The Labute approximate surface area is 144 Å². The van der Waals surface area contributed by atoms with Crippen molar-refractivity contribution in [1.29, 1.82) is 0 Å². The van der Waals surface area contributed by atoms with Crippen molar-refractivity contribution < 1.29 is 9.90 Å². The second kappa shape index (κ2) is 8.13. The van der Waals surface area contributed by atoms with Gasteiger partial charge in [0.2, 0.25) is 0 Å². The van der Waals surface area contributed by atoms with Gasteiger partial charge in [0.05, 0.1) is 6.54 Å². The van der Waals surface area contributed by atoms with Crippen molar-refractivity contribution in [1.82, 2.24) is 15.5 Å². The minimum absolute atomic E-state index is 0.0242. The van der Waals surface area contributed by atoms with Crippen molar-refractivity contribution in [2.45, 2.75) is 45.8 Å². The Hall–Kier alpha value is -1.11. The van der Waals surface area contributed by atoms with Crippen LogP contribution in [0.15, 0.2) is 17.5 Å². The zero-order valence-corrected chi connectivity index (χ0v) is 16.0. The minimum atomic E-state index is -1.05. The van der Waals surface area contributed by atoms with E-state index in [9.17, 15) is 9.90 Å². The summed E-state index contributed by atoms with van der Waals surface area (Å²) in [6.45, 7) is 9.17. The van der Waals surface area contributed by atoms with E-state index in [1.807, 2.05) is 31.6 Å². The molecule has 1 heterocycles. The van der Waals surface area contributed by atoms with E-state index in [2.05, 4.69) is 36.3 Å². The van der Waals surface area contributed by atoms with Gasteiger partial charge in [0.15, 0.2) is 0 Å². The molecule has 0 aliphatic carbocycles. The third-order valence-corrected chi connectivity index (χ3v) is 4.98. The highest BCUT2D eigenvalue weighted by atomic mass is 32.1. The lowest BCUT2D eigenvalue weighted by atomic mass is 9.84. The van der Waals surface area contributed by atoms with E-state index >= 15 is 0 Å². The first-order valence-electron chi connectivity index (χ1n) is 7.98. The molecular formula is C17H31N3O2S. The fourth-order valence-corrected chi connectivity index (χ4v) is 3.03. The predicted molar refractivity (Wildman–Crippen MR) is 96.8 cm³/mol. The average molecular weight is 342 g/mol. The maximum Gasteiger partial charge on any atom is 0.315 e. The Bertz CT molecular complexity index is 479. The summed E-state index contributed by atoms with van der Waals surface area (Å²) >= 11 is 1.48. The molecule has 0 aromatic carbocycles. The van der Waals surface area contributed by atoms with Gasteiger partial charge in [-0.2, -0.15) is 0 Å². The number of hydrogen-bond donors (Lipinski definition) is 3. The van der Waals surface area contributed by atoms with Crippen LogP contribution < -0.4 is 10.6 Å². The Morgan fingerprint density at radius 1 is 1.35 bits per heavy atom. The highest BCUT2D eigenvalue weighted by molar-refractivity contribution is 7.10. The number of urea groups is 1. The van der Waals surface area contributed by atoms with Crippen molar-refractivity contribution in [2.24, 2.45) is 5.41 Å². The van der Waals surface area contributed by atoms with Crippen LogP contribution in [0.1, 0.15) is 39.0 Å². The molecule has 0 radical (unpaired) electrons. The summed E-state index contributed by atoms with van der Waals surface area (Å²) in [4.78, 5) is 15.2. The van der Waals surface area contributed by atoms with Gasteiger partial charge in [0.1, 0.15) is 5.60 Å². The van der Waals surface area contributed by atoms with E-state index in [0.717, 1.165) is 17.8 Å². The third-order valence-electron chi connectivity index (χ3n) is 3.86. The van der Waals surface area contributed by atoms with E-state index in [0.29, 0.717) is 0 Å². The molecule has 2 unspecified atom stereocenters. The number of carbonyl (C=O) groups is 1. The Morgan fingerprint density at radius 3 is 2.48 bits per heavy atom. The maximum atomic E-state index is 12.2. The predicted octanol–water partition coefficient (Wildman–Crippen LogP) is 2.62. The molecule has 0 fully saturated rings. The summed E-state index contributed by atoms with van der Waals surface area (Å²) in [7, 11) is 4.05. The van der Waals surface area contributed by atoms with E-state index in [4.69, 9.17) is 0 Å². The smallest absolute Gasteiger partial charge is 0.315 e. The van der Waals surface area contributed by atoms with E-state index in [1.54, 1.807) is 6.92 Å². The van der Waals surface area contributed by atoms with Crippen molar-refractivity contribution in [3.63, 3.8) is 0 Å². The van der Waals surface area contributed by atoms with Crippen LogP contribution in [0.4, 0.5) is 4.79 Å². The van der Waals surface area contributed by atoms with Crippen LogP contribution in [0.3, 0.4) is 0 Å². The molecule has 0 aliphatic rings. The lowest BCUT2D eigenvalue weighted by molar-refractivity contribution is 0.0627. The van der Waals surface area contributed by atoms with Crippen LogP contribution in [0.5, 0.6) is 0 Å². The number of carbonyl (C=O) groups excluding carboxylic acids is 1. The molecule has 6 heteroatoms. The second-order valence-electron chi connectivity index (χ2n) is 7.59. The summed E-state index contributed by atoms with van der Waals surface area (Å²) in [6, 6.07) is 3.60. The van der Waals surface area contributed by atoms with Gasteiger partial charge in [-0.1, -0.05) is 26.8 Å². The summed E-state index contributed by atoms with van der Waals surface area (Å²) < 4.78 is 0. The Kier molecular flexibility index (Phi) is 7.04. The first-order valence-corrected chi connectivity index (χ1v) is 8.86. The monoisotopic (exact) mass is 341 g/mol. The molecule has 1 rings (SSSR count). The molecule has 3 N–H and O–H groups in total. The molecular weight excluding hydrogens is 310 g/mol. The van der Waals surface area contributed by atoms with Crippen molar-refractivity contribution >= 4 is 17.4 Å². The highest BCUT2D eigenvalue weighted by Crippen LogP contribution is 2.24. The van der Waals surface area contributed by atoms with Gasteiger partial charge in [-0.25, -0.2) is 4.79 Å². The number of aliphatic hydroxyl groups is 1. The highest BCUT2D eigenvalue weighted by Gasteiger charge is 2.28. The molecule has 23 heavy (non-hydrogen) atoms. The van der Waals surface area contributed by atoms with Gasteiger partial charge in [0.25, 0.3) is 0 Å². The molecule has 2 atom stereocenters. The van der Waals surface area contributed by atoms with Crippen LogP contribution in [0.25, 0.3) is 0 Å². The summed E-state index contributed by atoms with van der Waals surface area (Å²) in [5, 5.41) is 18.2. The number of thiophene rings is 1. The number of rotatable bonds is 7. The second-order valence-corrected chi connectivity index (χ2v) is 8.54. The Morgan fingerprint density at radius 2 is 2.00 bits per heavy atom. The molecule has 5 nitrogen and oxygen atoms in total. The molecule has 0 aliphatic heterocycles. The normalized spacial score (nSPS) is 16.0. The first kappa shape index (κ1) is 19.9. The van der Waals surface area contributed by atoms with E-state index in [1.165, 1.54) is 11.3 Å². The average Bonchev–Trinajstić information content (AvgIpc) is 2.94. The van der Waals surface area contributed by atoms with E-state index < -0.39 is 5.60 Å². The first-order chi connectivity index (χ1) is 10.5. The molecule has 0 spiro atoms. The van der Waals surface area contributed by atoms with Gasteiger partial charge in [-0.3, -0.25) is 0 Å². The quantitative estimate of drug-likeness (QED) is 0.714. The summed E-state index contributed by atoms with van der Waals surface area (Å²) in [5.74, 6) is 0. The van der Waals surface area contributed by atoms with Gasteiger partial charge in [-0.05, 0) is 50.8 Å². The Balaban J connectivity index is 2.55. The van der Waals surface area contributed by atoms with Crippen LogP contribution in [0, 0.1) is 5.41 Å². The lowest BCUT2D eigenvalue weighted by Crippen LogP contribution is -2.51. The van der Waals surface area contributed by atoms with Crippen LogP contribution in [0.2, 0.25) is 0 Å². The number of nitrogens with zero attached hydrogens (tertiary/aromatic N) is 1. The zero-order chi connectivity index (χ0) is 17.7. The molecule has 1 aromatic heterocycles. The lowest BCUT2D eigenvalue weighted by Gasteiger charge is -2.33. The van der Waals surface area contributed by atoms with Crippen LogP contribution in [-0.2, 0) is 5.60 Å². The van der Waals surface area contributed by atoms with Crippen molar-refractivity contribution in [2.75, 3.05) is 27.2 Å². The van der Waals surface area contributed by atoms with Crippen molar-refractivity contribution in [3.05, 3.63) is 22.4 Å². The summed E-state index contributed by atoms with van der Waals surface area (Å²) in [6.07, 6.45) is 0.880. The van der Waals surface area contributed by atoms with Gasteiger partial charge in [0, 0.05) is 10.9 Å². The fraction of sp³-hybridized carbons (Fsp3) is 0.706. The van der Waals surface area contributed by atoms with E-state index in [-0.39, 0.29) is 24.0 Å². The number of amides is 2. The third kappa shape index (κ3) is 6.89. The molecule has 0 bridgehead atoms. The molecule has 1 aromatic rings. The SMILES string of the molecule is CN(C)CCC(NC(=O)NCC(C)(O)c1cccs1)C(C)(C)C. The van der Waals surface area contributed by atoms with Gasteiger partial charge in [-0.15, -0.1) is 11.3 Å². The van der Waals surface area contributed by atoms with Crippen LogP contribution >= 0.6 is 11.3 Å². The minimum Gasteiger partial charge on any atom is -0.383 e. The molecule has 0 saturated heterocycles. The van der Waals surface area contributed by atoms with Crippen molar-refractivity contribution in [3.8, 4) is 0 Å². The maximum absolute atomic E-state index is 12.2. The van der Waals surface area contributed by atoms with Gasteiger partial charge < -0.3 is 20.6 Å². The topological polar surface area (TPSA) is 64.6 Å².